The Kier molecular flexibility index (Phi) is 5.44. The van der Waals surface area contributed by atoms with E-state index in [1.807, 2.05) is 0 Å². The molecule has 0 bridgehead atoms. The smallest absolute Gasteiger partial charge is 0.324 e. The highest BCUT2D eigenvalue weighted by molar-refractivity contribution is 5.94. The molecule has 0 spiro atoms. The third-order valence-electron chi connectivity index (χ3n) is 2.68. The molecule has 1 aromatic rings. The lowest BCUT2D eigenvalue weighted by atomic mass is 10.1. The van der Waals surface area contributed by atoms with Crippen LogP contribution in [0.1, 0.15) is 22.8 Å². The van der Waals surface area contributed by atoms with Crippen LogP contribution in [-0.2, 0) is 16.0 Å². The lowest BCUT2D eigenvalue weighted by Crippen LogP contribution is -2.43. The third kappa shape index (κ3) is 4.03. The van der Waals surface area contributed by atoms with Gasteiger partial charge >= 0.3 is 5.97 Å². The molecule has 1 aromatic carbocycles. The molecule has 1 unspecified atom stereocenters. The first kappa shape index (κ1) is 15.1. The van der Waals surface area contributed by atoms with E-state index in [2.05, 4.69) is 10.1 Å². The predicted molar refractivity (Wildman–Crippen MR) is 68.1 cm³/mol. The zero-order chi connectivity index (χ0) is 14.4. The first-order chi connectivity index (χ1) is 8.99. The van der Waals surface area contributed by atoms with Gasteiger partial charge in [0, 0.05) is 12.1 Å². The number of esters is 1. The Labute approximate surface area is 110 Å². The van der Waals surface area contributed by atoms with Gasteiger partial charge in [0.25, 0.3) is 5.91 Å². The molecular formula is C13H17FN2O3. The van der Waals surface area contributed by atoms with Crippen molar-refractivity contribution in [3.05, 3.63) is 35.1 Å². The molecule has 5 nitrogen and oxygen atoms in total. The van der Waals surface area contributed by atoms with E-state index in [-0.39, 0.29) is 12.4 Å². The predicted octanol–water partition coefficient (Wildman–Crippen LogP) is 0.618. The summed E-state index contributed by atoms with van der Waals surface area (Å²) in [4.78, 5) is 22.9. The number of amides is 1. The monoisotopic (exact) mass is 268 g/mol. The number of nitrogens with two attached hydrogens (primary N) is 1. The molecule has 1 amide bonds. The number of halogens is 1. The van der Waals surface area contributed by atoms with Gasteiger partial charge in [-0.2, -0.15) is 0 Å². The molecule has 3 N–H and O–H groups in total. The van der Waals surface area contributed by atoms with Crippen molar-refractivity contribution in [2.24, 2.45) is 5.73 Å². The molecule has 6 heteroatoms. The van der Waals surface area contributed by atoms with Gasteiger partial charge in [-0.25, -0.2) is 4.39 Å². The average molecular weight is 268 g/mol. The molecule has 104 valence electrons. The number of carbonyl (C=O) groups excluding carboxylic acids is 2. The van der Waals surface area contributed by atoms with Crippen molar-refractivity contribution in [3.8, 4) is 0 Å². The molecule has 0 aromatic heterocycles. The fraction of sp³-hybridized carbons (Fsp3) is 0.385. The highest BCUT2D eigenvalue weighted by atomic mass is 19.1. The van der Waals surface area contributed by atoms with Gasteiger partial charge in [-0.05, 0) is 30.2 Å². The second-order valence-corrected chi connectivity index (χ2v) is 4.00. The number of nitrogens with one attached hydrogen (secondary N) is 1. The van der Waals surface area contributed by atoms with E-state index in [0.29, 0.717) is 17.5 Å². The first-order valence-corrected chi connectivity index (χ1v) is 5.89. The molecule has 0 aliphatic heterocycles. The van der Waals surface area contributed by atoms with Gasteiger partial charge in [0.15, 0.2) is 0 Å². The Hall–Kier alpha value is -1.95. The average Bonchev–Trinajstić information content (AvgIpc) is 2.43. The maximum Gasteiger partial charge on any atom is 0.324 e. The molecule has 0 radical (unpaired) electrons. The molecule has 0 aliphatic rings. The number of aryl methyl sites for hydroxylation is 1. The van der Waals surface area contributed by atoms with Crippen LogP contribution in [0.25, 0.3) is 0 Å². The van der Waals surface area contributed by atoms with Crippen molar-refractivity contribution in [1.29, 1.82) is 0 Å². The Morgan fingerprint density at radius 2 is 2.16 bits per heavy atom. The van der Waals surface area contributed by atoms with Crippen LogP contribution in [0.15, 0.2) is 18.2 Å². The number of benzene rings is 1. The van der Waals surface area contributed by atoms with Crippen LogP contribution in [0.5, 0.6) is 0 Å². The van der Waals surface area contributed by atoms with Crippen LogP contribution in [0.2, 0.25) is 0 Å². The Balaban J connectivity index is 2.66. The zero-order valence-corrected chi connectivity index (χ0v) is 10.9. The van der Waals surface area contributed by atoms with E-state index in [9.17, 15) is 14.0 Å². The van der Waals surface area contributed by atoms with Crippen molar-refractivity contribution in [2.75, 3.05) is 13.7 Å². The molecular weight excluding hydrogens is 251 g/mol. The first-order valence-electron chi connectivity index (χ1n) is 5.89. The van der Waals surface area contributed by atoms with Crippen LogP contribution in [0, 0.1) is 5.82 Å². The third-order valence-corrected chi connectivity index (χ3v) is 2.68. The van der Waals surface area contributed by atoms with E-state index >= 15 is 0 Å². The summed E-state index contributed by atoms with van der Waals surface area (Å²) in [7, 11) is 1.22. The molecule has 0 aliphatic carbocycles. The summed E-state index contributed by atoms with van der Waals surface area (Å²) >= 11 is 0. The molecule has 1 rings (SSSR count). The van der Waals surface area contributed by atoms with E-state index in [0.717, 1.165) is 0 Å². The fourth-order valence-electron chi connectivity index (χ4n) is 1.53. The Bertz CT molecular complexity index is 477. The van der Waals surface area contributed by atoms with Gasteiger partial charge in [0.1, 0.15) is 11.9 Å². The second kappa shape index (κ2) is 6.84. The van der Waals surface area contributed by atoms with Crippen molar-refractivity contribution in [3.63, 3.8) is 0 Å². The van der Waals surface area contributed by atoms with E-state index < -0.39 is 17.9 Å². The topological polar surface area (TPSA) is 81.4 Å². The highest BCUT2D eigenvalue weighted by Crippen LogP contribution is 2.11. The van der Waals surface area contributed by atoms with Gasteiger partial charge in [-0.3, -0.25) is 9.59 Å². The summed E-state index contributed by atoms with van der Waals surface area (Å²) in [5.41, 5.74) is 6.28. The minimum atomic E-state index is -0.917. The standard InChI is InChI=1S/C13H17FN2O3/c1-3-8-6-9(4-5-10(8)14)12(17)16-7-11(15)13(18)19-2/h4-6,11H,3,7,15H2,1-2H3,(H,16,17). The van der Waals surface area contributed by atoms with E-state index in [1.54, 1.807) is 6.92 Å². The van der Waals surface area contributed by atoms with Crippen molar-refractivity contribution in [1.82, 2.24) is 5.32 Å². The molecule has 0 heterocycles. The summed E-state index contributed by atoms with van der Waals surface area (Å²) in [5, 5.41) is 2.50. The molecule has 1 atom stereocenters. The van der Waals surface area contributed by atoms with Gasteiger partial charge in [-0.15, -0.1) is 0 Å². The van der Waals surface area contributed by atoms with Gasteiger partial charge in [0.2, 0.25) is 0 Å². The van der Waals surface area contributed by atoms with Crippen LogP contribution in [0.3, 0.4) is 0 Å². The van der Waals surface area contributed by atoms with E-state index in [1.165, 1.54) is 25.3 Å². The maximum atomic E-state index is 13.3. The second-order valence-electron chi connectivity index (χ2n) is 4.00. The largest absolute Gasteiger partial charge is 0.468 e. The quantitative estimate of drug-likeness (QED) is 0.767. The molecule has 0 saturated carbocycles. The summed E-state index contributed by atoms with van der Waals surface area (Å²) in [6, 6.07) is 3.19. The number of hydrogen-bond donors (Lipinski definition) is 2. The van der Waals surface area contributed by atoms with Crippen LogP contribution < -0.4 is 11.1 Å². The minimum absolute atomic E-state index is 0.0374. The normalized spacial score (nSPS) is 11.8. The van der Waals surface area contributed by atoms with Crippen molar-refractivity contribution >= 4 is 11.9 Å². The number of hydrogen-bond acceptors (Lipinski definition) is 4. The SMILES string of the molecule is CCc1cc(C(=O)NCC(N)C(=O)OC)ccc1F. The Morgan fingerprint density at radius 1 is 1.47 bits per heavy atom. The summed E-state index contributed by atoms with van der Waals surface area (Å²) in [5.74, 6) is -1.35. The van der Waals surface area contributed by atoms with Crippen LogP contribution >= 0.6 is 0 Å². The number of carbonyl (C=O) groups is 2. The number of methoxy groups -OCH3 is 1. The van der Waals surface area contributed by atoms with Crippen LogP contribution in [-0.4, -0.2) is 31.6 Å². The van der Waals surface area contributed by atoms with Gasteiger partial charge in [0.05, 0.1) is 7.11 Å². The van der Waals surface area contributed by atoms with E-state index in [4.69, 9.17) is 5.73 Å². The maximum absolute atomic E-state index is 13.3. The number of rotatable bonds is 5. The van der Waals surface area contributed by atoms with Crippen LogP contribution in [0.4, 0.5) is 4.39 Å². The summed E-state index contributed by atoms with van der Waals surface area (Å²) in [6.07, 6.45) is 0.495. The van der Waals surface area contributed by atoms with Gasteiger partial charge < -0.3 is 15.8 Å². The molecule has 0 fully saturated rings. The lowest BCUT2D eigenvalue weighted by molar-refractivity contribution is -0.141. The highest BCUT2D eigenvalue weighted by Gasteiger charge is 2.15. The molecule has 0 saturated heterocycles. The summed E-state index contributed by atoms with van der Waals surface area (Å²) < 4.78 is 17.7. The fourth-order valence-corrected chi connectivity index (χ4v) is 1.53. The van der Waals surface area contributed by atoms with Gasteiger partial charge in [-0.1, -0.05) is 6.92 Å². The van der Waals surface area contributed by atoms with Crippen molar-refractivity contribution < 1.29 is 18.7 Å². The zero-order valence-electron chi connectivity index (χ0n) is 10.9. The number of ether oxygens (including phenoxy) is 1. The summed E-state index contributed by atoms with van der Waals surface area (Å²) in [6.45, 7) is 1.76. The Morgan fingerprint density at radius 3 is 2.74 bits per heavy atom. The molecule has 19 heavy (non-hydrogen) atoms. The minimum Gasteiger partial charge on any atom is -0.468 e. The van der Waals surface area contributed by atoms with Crippen molar-refractivity contribution in [2.45, 2.75) is 19.4 Å². The lowest BCUT2D eigenvalue weighted by Gasteiger charge is -2.11.